The van der Waals surface area contributed by atoms with E-state index in [1.165, 1.54) is 4.90 Å². The van der Waals surface area contributed by atoms with Gasteiger partial charge in [-0.2, -0.15) is 0 Å². The van der Waals surface area contributed by atoms with Crippen molar-refractivity contribution in [3.05, 3.63) is 35.4 Å². The van der Waals surface area contributed by atoms with E-state index in [2.05, 4.69) is 0 Å². The van der Waals surface area contributed by atoms with Crippen molar-refractivity contribution in [1.29, 1.82) is 0 Å². The molecular weight excluding hydrogens is 314 g/mol. The van der Waals surface area contributed by atoms with Crippen LogP contribution in [0.1, 0.15) is 46.9 Å². The minimum absolute atomic E-state index is 0. The van der Waals surface area contributed by atoms with Gasteiger partial charge in [-0.05, 0) is 44.4 Å². The van der Waals surface area contributed by atoms with Crippen molar-refractivity contribution in [2.45, 2.75) is 38.3 Å². The minimum atomic E-state index is -0.1000. The van der Waals surface area contributed by atoms with Crippen LogP contribution in [0.2, 0.25) is 0 Å². The van der Waals surface area contributed by atoms with Gasteiger partial charge in [-0.15, -0.1) is 12.4 Å². The summed E-state index contributed by atoms with van der Waals surface area (Å²) in [4.78, 5) is 28.2. The third-order valence-electron chi connectivity index (χ3n) is 4.18. The molecule has 1 saturated heterocycles. The van der Waals surface area contributed by atoms with Crippen molar-refractivity contribution in [2.24, 2.45) is 5.73 Å². The lowest BCUT2D eigenvalue weighted by molar-refractivity contribution is 0.0584. The number of carbonyl (C=O) groups excluding carboxylic acids is 2. The van der Waals surface area contributed by atoms with Crippen LogP contribution in [0, 0.1) is 0 Å². The maximum Gasteiger partial charge on any atom is 0.254 e. The van der Waals surface area contributed by atoms with Gasteiger partial charge in [-0.3, -0.25) is 9.59 Å². The Morgan fingerprint density at radius 2 is 1.91 bits per heavy atom. The van der Waals surface area contributed by atoms with Gasteiger partial charge in [0, 0.05) is 43.9 Å². The van der Waals surface area contributed by atoms with Crippen molar-refractivity contribution < 1.29 is 9.59 Å². The summed E-state index contributed by atoms with van der Waals surface area (Å²) >= 11 is 0. The monoisotopic (exact) mass is 339 g/mol. The molecule has 0 aliphatic carbocycles. The number of amides is 2. The summed E-state index contributed by atoms with van der Waals surface area (Å²) in [6, 6.07) is 6.97. The zero-order chi connectivity index (χ0) is 16.3. The molecule has 2 atom stereocenters. The third-order valence-corrected chi connectivity index (χ3v) is 4.18. The Balaban J connectivity index is 0.00000264. The fourth-order valence-electron chi connectivity index (χ4n) is 2.97. The minimum Gasteiger partial charge on any atom is -0.345 e. The van der Waals surface area contributed by atoms with Crippen LogP contribution in [0.3, 0.4) is 0 Å². The van der Waals surface area contributed by atoms with Crippen molar-refractivity contribution in [3.63, 3.8) is 0 Å². The summed E-state index contributed by atoms with van der Waals surface area (Å²) in [5.41, 5.74) is 7.12. The lowest BCUT2D eigenvalue weighted by Crippen LogP contribution is -2.51. The van der Waals surface area contributed by atoms with Gasteiger partial charge in [0.15, 0.2) is 0 Å². The zero-order valence-electron chi connectivity index (χ0n) is 14.0. The number of rotatable bonds is 3. The maximum absolute atomic E-state index is 12.8. The molecular formula is C17H26ClN3O2. The first kappa shape index (κ1) is 19.5. The van der Waals surface area contributed by atoms with Gasteiger partial charge in [0.2, 0.25) is 0 Å². The standard InChI is InChI=1S/C17H25N3O2.ClH/c1-12(18)15-9-4-5-10-20(15)17(22)14-8-6-7-13(11-14)16(21)19(2)3;/h6-8,11-12,15H,4-5,9-10,18H2,1-3H3;1H. The summed E-state index contributed by atoms with van der Waals surface area (Å²) in [5, 5.41) is 0. The Bertz CT molecular complexity index is 561. The van der Waals surface area contributed by atoms with Gasteiger partial charge >= 0.3 is 0 Å². The number of halogens is 1. The van der Waals surface area contributed by atoms with Crippen molar-refractivity contribution in [2.75, 3.05) is 20.6 Å². The van der Waals surface area contributed by atoms with Crippen LogP contribution in [0.15, 0.2) is 24.3 Å². The maximum atomic E-state index is 12.8. The zero-order valence-corrected chi connectivity index (χ0v) is 14.8. The molecule has 1 aromatic carbocycles. The summed E-state index contributed by atoms with van der Waals surface area (Å²) < 4.78 is 0. The highest BCUT2D eigenvalue weighted by molar-refractivity contribution is 5.99. The molecule has 2 unspecified atom stereocenters. The predicted octanol–water partition coefficient (Wildman–Crippen LogP) is 2.15. The first-order valence-corrected chi connectivity index (χ1v) is 7.80. The van der Waals surface area contributed by atoms with Crippen LogP contribution >= 0.6 is 12.4 Å². The molecule has 6 heteroatoms. The smallest absolute Gasteiger partial charge is 0.254 e. The molecule has 2 amide bonds. The second kappa shape index (κ2) is 8.31. The second-order valence-electron chi connectivity index (χ2n) is 6.20. The van der Waals surface area contributed by atoms with Gasteiger partial charge in [-0.25, -0.2) is 0 Å². The second-order valence-corrected chi connectivity index (χ2v) is 6.20. The predicted molar refractivity (Wildman–Crippen MR) is 94.0 cm³/mol. The van der Waals surface area contributed by atoms with Gasteiger partial charge in [0.05, 0.1) is 0 Å². The highest BCUT2D eigenvalue weighted by atomic mass is 35.5. The van der Waals surface area contributed by atoms with E-state index in [-0.39, 0.29) is 36.3 Å². The molecule has 23 heavy (non-hydrogen) atoms. The number of benzene rings is 1. The van der Waals surface area contributed by atoms with Gasteiger partial charge < -0.3 is 15.5 Å². The van der Waals surface area contributed by atoms with Crippen LogP contribution in [-0.4, -0.2) is 54.3 Å². The highest BCUT2D eigenvalue weighted by Gasteiger charge is 2.30. The van der Waals surface area contributed by atoms with Crippen LogP contribution < -0.4 is 5.73 Å². The molecule has 1 aromatic rings. The molecule has 128 valence electrons. The number of nitrogens with two attached hydrogens (primary N) is 1. The molecule has 5 nitrogen and oxygen atoms in total. The Morgan fingerprint density at radius 3 is 2.52 bits per heavy atom. The molecule has 1 fully saturated rings. The van der Waals surface area contributed by atoms with E-state index >= 15 is 0 Å². The average Bonchev–Trinajstić information content (AvgIpc) is 2.53. The molecule has 1 heterocycles. The number of likely N-dealkylation sites (tertiary alicyclic amines) is 1. The summed E-state index contributed by atoms with van der Waals surface area (Å²) in [7, 11) is 3.40. The SMILES string of the molecule is CC(N)C1CCCCN1C(=O)c1cccc(C(=O)N(C)C)c1.Cl. The topological polar surface area (TPSA) is 66.6 Å². The number of hydrogen-bond acceptors (Lipinski definition) is 3. The van der Waals surface area contributed by atoms with Gasteiger partial charge in [0.1, 0.15) is 0 Å². The van der Waals surface area contributed by atoms with E-state index in [9.17, 15) is 9.59 Å². The van der Waals surface area contributed by atoms with E-state index in [0.29, 0.717) is 11.1 Å². The fourth-order valence-corrected chi connectivity index (χ4v) is 2.97. The Kier molecular flexibility index (Phi) is 7.03. The lowest BCUT2D eigenvalue weighted by atomic mass is 9.95. The molecule has 2 N–H and O–H groups in total. The van der Waals surface area contributed by atoms with Crippen molar-refractivity contribution in [3.8, 4) is 0 Å². The molecule has 0 saturated carbocycles. The largest absolute Gasteiger partial charge is 0.345 e. The Hall–Kier alpha value is -1.59. The third kappa shape index (κ3) is 4.45. The lowest BCUT2D eigenvalue weighted by Gasteiger charge is -2.38. The van der Waals surface area contributed by atoms with E-state index in [1.54, 1.807) is 38.4 Å². The summed E-state index contributed by atoms with van der Waals surface area (Å²) in [6.45, 7) is 2.68. The van der Waals surface area contributed by atoms with Crippen LogP contribution in [0.25, 0.3) is 0 Å². The molecule has 1 aliphatic rings. The number of carbonyl (C=O) groups is 2. The van der Waals surface area contributed by atoms with E-state index in [1.807, 2.05) is 11.8 Å². The average molecular weight is 340 g/mol. The fraction of sp³-hybridized carbons (Fsp3) is 0.529. The van der Waals surface area contributed by atoms with Crippen molar-refractivity contribution >= 4 is 24.2 Å². The van der Waals surface area contributed by atoms with E-state index < -0.39 is 0 Å². The number of nitrogens with zero attached hydrogens (tertiary/aromatic N) is 2. The summed E-state index contributed by atoms with van der Waals surface area (Å²) in [5.74, 6) is -0.132. The van der Waals surface area contributed by atoms with Crippen molar-refractivity contribution in [1.82, 2.24) is 9.80 Å². The van der Waals surface area contributed by atoms with E-state index in [4.69, 9.17) is 5.73 Å². The molecule has 0 radical (unpaired) electrons. The number of hydrogen-bond donors (Lipinski definition) is 1. The van der Waals surface area contributed by atoms with E-state index in [0.717, 1.165) is 25.8 Å². The Labute approximate surface area is 144 Å². The molecule has 1 aliphatic heterocycles. The van der Waals surface area contributed by atoms with Crippen LogP contribution in [0.4, 0.5) is 0 Å². The van der Waals surface area contributed by atoms with Gasteiger partial charge in [0.25, 0.3) is 11.8 Å². The number of piperidine rings is 1. The normalized spacial score (nSPS) is 18.8. The van der Waals surface area contributed by atoms with Gasteiger partial charge in [-0.1, -0.05) is 6.07 Å². The summed E-state index contributed by atoms with van der Waals surface area (Å²) in [6.07, 6.45) is 3.06. The quantitative estimate of drug-likeness (QED) is 0.917. The molecule has 0 aromatic heterocycles. The Morgan fingerprint density at radius 1 is 1.26 bits per heavy atom. The van der Waals surface area contributed by atoms with Crippen LogP contribution in [-0.2, 0) is 0 Å². The first-order chi connectivity index (χ1) is 10.4. The molecule has 2 rings (SSSR count). The highest BCUT2D eigenvalue weighted by Crippen LogP contribution is 2.22. The first-order valence-electron chi connectivity index (χ1n) is 7.80. The molecule has 0 bridgehead atoms. The molecule has 0 spiro atoms. The van der Waals surface area contributed by atoms with Crippen LogP contribution in [0.5, 0.6) is 0 Å².